The number of rotatable bonds is 2. The SMILES string of the molecule is CC(=O)/C=C/[C@H]1CCCN1C(=O)OC(C)(C)C. The largest absolute Gasteiger partial charge is 0.444 e. The standard InChI is InChI=1S/C13H21NO3/c1-10(15)7-8-11-6-5-9-14(11)12(16)17-13(2,3)4/h7-8,11H,5-6,9H2,1-4H3/b8-7+/t11-/m1/s1. The molecule has 0 aromatic rings. The van der Waals surface area contributed by atoms with Crippen LogP contribution in [-0.2, 0) is 9.53 Å². The van der Waals surface area contributed by atoms with Crippen LogP contribution >= 0.6 is 0 Å². The van der Waals surface area contributed by atoms with Gasteiger partial charge in [0.15, 0.2) is 5.78 Å². The molecule has 1 aliphatic rings. The first-order chi connectivity index (χ1) is 7.79. The molecule has 0 bridgehead atoms. The predicted molar refractivity (Wildman–Crippen MR) is 65.8 cm³/mol. The van der Waals surface area contributed by atoms with Gasteiger partial charge >= 0.3 is 6.09 Å². The number of nitrogens with zero attached hydrogens (tertiary/aromatic N) is 1. The van der Waals surface area contributed by atoms with Gasteiger partial charge < -0.3 is 9.64 Å². The molecule has 1 atom stereocenters. The monoisotopic (exact) mass is 239 g/mol. The highest BCUT2D eigenvalue weighted by molar-refractivity contribution is 5.87. The minimum Gasteiger partial charge on any atom is -0.444 e. The molecule has 0 aliphatic carbocycles. The highest BCUT2D eigenvalue weighted by Gasteiger charge is 2.30. The molecular formula is C13H21NO3. The molecule has 17 heavy (non-hydrogen) atoms. The van der Waals surface area contributed by atoms with Crippen LogP contribution in [0.2, 0.25) is 0 Å². The fourth-order valence-electron chi connectivity index (χ4n) is 1.79. The van der Waals surface area contributed by atoms with Crippen molar-refractivity contribution in [2.45, 2.75) is 52.2 Å². The fraction of sp³-hybridized carbons (Fsp3) is 0.692. The van der Waals surface area contributed by atoms with E-state index in [1.54, 1.807) is 11.0 Å². The van der Waals surface area contributed by atoms with Gasteiger partial charge in [-0.3, -0.25) is 4.79 Å². The van der Waals surface area contributed by atoms with Crippen molar-refractivity contribution in [3.05, 3.63) is 12.2 Å². The fourth-order valence-corrected chi connectivity index (χ4v) is 1.79. The van der Waals surface area contributed by atoms with Crippen molar-refractivity contribution in [1.82, 2.24) is 4.90 Å². The van der Waals surface area contributed by atoms with Gasteiger partial charge in [0.05, 0.1) is 6.04 Å². The third-order valence-corrected chi connectivity index (χ3v) is 2.48. The summed E-state index contributed by atoms with van der Waals surface area (Å²) >= 11 is 0. The second kappa shape index (κ2) is 5.34. The van der Waals surface area contributed by atoms with Gasteiger partial charge in [-0.2, -0.15) is 0 Å². The van der Waals surface area contributed by atoms with Crippen LogP contribution in [0.5, 0.6) is 0 Å². The molecule has 0 spiro atoms. The maximum absolute atomic E-state index is 11.9. The van der Waals surface area contributed by atoms with Gasteiger partial charge in [-0.15, -0.1) is 0 Å². The Morgan fingerprint density at radius 3 is 2.53 bits per heavy atom. The summed E-state index contributed by atoms with van der Waals surface area (Å²) in [5.74, 6) is 0.000962. The second-order valence-corrected chi connectivity index (χ2v) is 5.35. The van der Waals surface area contributed by atoms with Crippen LogP contribution in [0.4, 0.5) is 4.79 Å². The molecule has 1 fully saturated rings. The number of ketones is 1. The van der Waals surface area contributed by atoms with Gasteiger partial charge in [0.2, 0.25) is 0 Å². The number of allylic oxidation sites excluding steroid dienone is 1. The van der Waals surface area contributed by atoms with Crippen LogP contribution in [0.15, 0.2) is 12.2 Å². The zero-order valence-electron chi connectivity index (χ0n) is 11.0. The second-order valence-electron chi connectivity index (χ2n) is 5.35. The molecule has 96 valence electrons. The number of hydrogen-bond acceptors (Lipinski definition) is 3. The van der Waals surface area contributed by atoms with Crippen LogP contribution in [0, 0.1) is 0 Å². The highest BCUT2D eigenvalue weighted by Crippen LogP contribution is 2.21. The van der Waals surface area contributed by atoms with Crippen LogP contribution in [0.3, 0.4) is 0 Å². The van der Waals surface area contributed by atoms with E-state index < -0.39 is 5.60 Å². The zero-order valence-corrected chi connectivity index (χ0v) is 11.0. The lowest BCUT2D eigenvalue weighted by atomic mass is 10.2. The maximum Gasteiger partial charge on any atom is 0.410 e. The van der Waals surface area contributed by atoms with Crippen LogP contribution in [0.1, 0.15) is 40.5 Å². The van der Waals surface area contributed by atoms with Gasteiger partial charge in [0, 0.05) is 6.54 Å². The molecule has 0 unspecified atom stereocenters. The molecule has 1 amide bonds. The van der Waals surface area contributed by atoms with Gasteiger partial charge in [0.1, 0.15) is 5.60 Å². The van der Waals surface area contributed by atoms with E-state index in [1.807, 2.05) is 20.8 Å². The Hall–Kier alpha value is -1.32. The van der Waals surface area contributed by atoms with Gasteiger partial charge in [-0.25, -0.2) is 4.79 Å². The van der Waals surface area contributed by atoms with E-state index in [0.717, 1.165) is 12.8 Å². The molecule has 4 heteroatoms. The zero-order chi connectivity index (χ0) is 13.1. The Labute approximate surface area is 103 Å². The first-order valence-corrected chi connectivity index (χ1v) is 5.98. The van der Waals surface area contributed by atoms with Crippen molar-refractivity contribution in [1.29, 1.82) is 0 Å². The van der Waals surface area contributed by atoms with Gasteiger partial charge in [-0.05, 0) is 46.6 Å². The van der Waals surface area contributed by atoms with Crippen molar-refractivity contribution < 1.29 is 14.3 Å². The van der Waals surface area contributed by atoms with E-state index in [4.69, 9.17) is 4.74 Å². The highest BCUT2D eigenvalue weighted by atomic mass is 16.6. The number of carbonyl (C=O) groups excluding carboxylic acids is 2. The average Bonchev–Trinajstić information content (AvgIpc) is 2.59. The molecular weight excluding hydrogens is 218 g/mol. The van der Waals surface area contributed by atoms with E-state index in [-0.39, 0.29) is 17.9 Å². The number of likely N-dealkylation sites (tertiary alicyclic amines) is 1. The van der Waals surface area contributed by atoms with Gasteiger partial charge in [0.25, 0.3) is 0 Å². The molecule has 1 saturated heterocycles. The normalized spacial score (nSPS) is 20.9. The Morgan fingerprint density at radius 1 is 1.35 bits per heavy atom. The molecule has 0 aromatic carbocycles. The molecule has 0 radical (unpaired) electrons. The number of ether oxygens (including phenoxy) is 1. The molecule has 1 heterocycles. The van der Waals surface area contributed by atoms with Gasteiger partial charge in [-0.1, -0.05) is 6.08 Å². The minimum atomic E-state index is -0.478. The Morgan fingerprint density at radius 2 is 2.00 bits per heavy atom. The quantitative estimate of drug-likeness (QED) is 0.696. The van der Waals surface area contributed by atoms with Crippen molar-refractivity contribution in [2.75, 3.05) is 6.54 Å². The predicted octanol–water partition coefficient (Wildman–Crippen LogP) is 2.53. The van der Waals surface area contributed by atoms with Crippen molar-refractivity contribution >= 4 is 11.9 Å². The van der Waals surface area contributed by atoms with E-state index in [0.29, 0.717) is 6.54 Å². The van der Waals surface area contributed by atoms with E-state index >= 15 is 0 Å². The summed E-state index contributed by atoms with van der Waals surface area (Å²) in [7, 11) is 0. The van der Waals surface area contributed by atoms with Crippen LogP contribution in [-0.4, -0.2) is 35.0 Å². The molecule has 0 aromatic heterocycles. The average molecular weight is 239 g/mol. The van der Waals surface area contributed by atoms with Crippen molar-refractivity contribution in [3.63, 3.8) is 0 Å². The lowest BCUT2D eigenvalue weighted by Crippen LogP contribution is -2.39. The summed E-state index contributed by atoms with van der Waals surface area (Å²) in [6, 6.07) is -0.00579. The molecule has 1 rings (SSSR count). The Balaban J connectivity index is 2.63. The van der Waals surface area contributed by atoms with Crippen LogP contribution in [0.25, 0.3) is 0 Å². The van der Waals surface area contributed by atoms with E-state index in [1.165, 1.54) is 13.0 Å². The maximum atomic E-state index is 11.9. The minimum absolute atomic E-state index is 0.000962. The van der Waals surface area contributed by atoms with Crippen molar-refractivity contribution in [3.8, 4) is 0 Å². The first kappa shape index (κ1) is 13.7. The summed E-state index contributed by atoms with van der Waals surface area (Å²) in [4.78, 5) is 24.5. The van der Waals surface area contributed by atoms with Crippen LogP contribution < -0.4 is 0 Å². The topological polar surface area (TPSA) is 46.6 Å². The third-order valence-electron chi connectivity index (χ3n) is 2.48. The Bertz CT molecular complexity index is 328. The number of carbonyl (C=O) groups is 2. The number of amides is 1. The first-order valence-electron chi connectivity index (χ1n) is 5.98. The summed E-state index contributed by atoms with van der Waals surface area (Å²) in [6.07, 6.45) is 4.86. The molecule has 4 nitrogen and oxygen atoms in total. The summed E-state index contributed by atoms with van der Waals surface area (Å²) in [5.41, 5.74) is -0.478. The Kier molecular flexibility index (Phi) is 4.32. The molecule has 0 saturated carbocycles. The third kappa shape index (κ3) is 4.59. The van der Waals surface area contributed by atoms with E-state index in [2.05, 4.69) is 0 Å². The number of hydrogen-bond donors (Lipinski definition) is 0. The lowest BCUT2D eigenvalue weighted by Gasteiger charge is -2.27. The summed E-state index contributed by atoms with van der Waals surface area (Å²) in [5, 5.41) is 0. The van der Waals surface area contributed by atoms with E-state index in [9.17, 15) is 9.59 Å². The summed E-state index contributed by atoms with van der Waals surface area (Å²) in [6.45, 7) is 7.75. The summed E-state index contributed by atoms with van der Waals surface area (Å²) < 4.78 is 5.33. The molecule has 0 N–H and O–H groups in total. The smallest absolute Gasteiger partial charge is 0.410 e. The van der Waals surface area contributed by atoms with Crippen molar-refractivity contribution in [2.24, 2.45) is 0 Å². The molecule has 1 aliphatic heterocycles. The lowest BCUT2D eigenvalue weighted by molar-refractivity contribution is -0.112.